The molecule has 0 heterocycles. The fourth-order valence-electron chi connectivity index (χ4n) is 1.89. The van der Waals surface area contributed by atoms with E-state index < -0.39 is 0 Å². The highest BCUT2D eigenvalue weighted by Crippen LogP contribution is 2.15. The van der Waals surface area contributed by atoms with Crippen LogP contribution in [0.25, 0.3) is 0 Å². The molecule has 0 spiro atoms. The number of para-hydroxylation sites is 1. The van der Waals surface area contributed by atoms with Gasteiger partial charge in [0, 0.05) is 7.05 Å². The molecule has 2 aromatic rings. The third kappa shape index (κ3) is 4.09. The van der Waals surface area contributed by atoms with Crippen molar-refractivity contribution in [3.8, 4) is 5.75 Å². The molecule has 0 radical (unpaired) electrons. The van der Waals surface area contributed by atoms with Crippen molar-refractivity contribution in [1.82, 2.24) is 5.32 Å². The fourth-order valence-corrected chi connectivity index (χ4v) is 1.89. The zero-order valence-electron chi connectivity index (χ0n) is 12.6. The average molecular weight is 298 g/mol. The third-order valence-electron chi connectivity index (χ3n) is 3.06. The molecule has 0 saturated heterocycles. The molecule has 5 nitrogen and oxygen atoms in total. The number of carbonyl (C=O) groups excluding carboxylic acids is 2. The van der Waals surface area contributed by atoms with Crippen LogP contribution >= 0.6 is 0 Å². The first kappa shape index (κ1) is 15.6. The van der Waals surface area contributed by atoms with Crippen LogP contribution in [0.5, 0.6) is 5.75 Å². The van der Waals surface area contributed by atoms with Crippen LogP contribution in [0.15, 0.2) is 48.5 Å². The number of anilines is 1. The number of ether oxygens (including phenoxy) is 1. The number of amides is 2. The summed E-state index contributed by atoms with van der Waals surface area (Å²) >= 11 is 0. The standard InChI is InChI=1S/C17H18N2O3/c1-12-7-9-13(10-8-12)22-11-16(20)19-15-6-4-3-5-14(15)17(21)18-2/h3-10H,11H2,1-2H3,(H,18,21)(H,19,20). The van der Waals surface area contributed by atoms with Crippen LogP contribution in [0.1, 0.15) is 15.9 Å². The molecule has 0 aliphatic heterocycles. The van der Waals surface area contributed by atoms with Crippen molar-refractivity contribution >= 4 is 17.5 Å². The molecule has 0 aliphatic carbocycles. The number of benzene rings is 2. The maximum Gasteiger partial charge on any atom is 0.262 e. The van der Waals surface area contributed by atoms with Gasteiger partial charge in [-0.15, -0.1) is 0 Å². The summed E-state index contributed by atoms with van der Waals surface area (Å²) in [7, 11) is 1.54. The molecule has 2 N–H and O–H groups in total. The lowest BCUT2D eigenvalue weighted by Gasteiger charge is -2.11. The van der Waals surface area contributed by atoms with Crippen LogP contribution in [-0.4, -0.2) is 25.5 Å². The normalized spacial score (nSPS) is 9.91. The molecule has 2 aromatic carbocycles. The Morgan fingerprint density at radius 1 is 1.05 bits per heavy atom. The summed E-state index contributed by atoms with van der Waals surface area (Å²) in [6, 6.07) is 14.2. The molecule has 0 fully saturated rings. The third-order valence-corrected chi connectivity index (χ3v) is 3.06. The summed E-state index contributed by atoms with van der Waals surface area (Å²) in [5, 5.41) is 5.22. The molecule has 0 saturated carbocycles. The molecule has 5 heteroatoms. The SMILES string of the molecule is CNC(=O)c1ccccc1NC(=O)COc1ccc(C)cc1. The van der Waals surface area contributed by atoms with Crippen molar-refractivity contribution in [1.29, 1.82) is 0 Å². The van der Waals surface area contributed by atoms with Crippen LogP contribution in [0.3, 0.4) is 0 Å². The molecular weight excluding hydrogens is 280 g/mol. The van der Waals surface area contributed by atoms with Crippen molar-refractivity contribution in [2.24, 2.45) is 0 Å². The Bertz CT molecular complexity index is 666. The zero-order chi connectivity index (χ0) is 15.9. The van der Waals surface area contributed by atoms with Gasteiger partial charge in [0.15, 0.2) is 6.61 Å². The van der Waals surface area contributed by atoms with Crippen LogP contribution in [0.4, 0.5) is 5.69 Å². The van der Waals surface area contributed by atoms with Crippen molar-refractivity contribution in [3.05, 3.63) is 59.7 Å². The van der Waals surface area contributed by atoms with Crippen molar-refractivity contribution < 1.29 is 14.3 Å². The topological polar surface area (TPSA) is 67.4 Å². The van der Waals surface area contributed by atoms with Crippen LogP contribution in [-0.2, 0) is 4.79 Å². The smallest absolute Gasteiger partial charge is 0.262 e. The minimum Gasteiger partial charge on any atom is -0.484 e. The highest BCUT2D eigenvalue weighted by molar-refractivity contribution is 6.03. The summed E-state index contributed by atoms with van der Waals surface area (Å²) < 4.78 is 5.41. The maximum atomic E-state index is 11.9. The van der Waals surface area contributed by atoms with E-state index in [1.165, 1.54) is 0 Å². The van der Waals surface area contributed by atoms with Gasteiger partial charge < -0.3 is 15.4 Å². The zero-order valence-corrected chi connectivity index (χ0v) is 12.6. The number of carbonyl (C=O) groups is 2. The first-order valence-electron chi connectivity index (χ1n) is 6.90. The largest absolute Gasteiger partial charge is 0.484 e. The van der Waals surface area contributed by atoms with Gasteiger partial charge >= 0.3 is 0 Å². The van der Waals surface area contributed by atoms with Crippen LogP contribution in [0.2, 0.25) is 0 Å². The van der Waals surface area contributed by atoms with Gasteiger partial charge in [-0.1, -0.05) is 29.8 Å². The highest BCUT2D eigenvalue weighted by Gasteiger charge is 2.11. The van der Waals surface area contributed by atoms with Gasteiger partial charge in [-0.2, -0.15) is 0 Å². The first-order chi connectivity index (χ1) is 10.6. The number of aryl methyl sites for hydroxylation is 1. The second-order valence-electron chi connectivity index (χ2n) is 4.77. The van der Waals surface area contributed by atoms with E-state index >= 15 is 0 Å². The predicted octanol–water partition coefficient (Wildman–Crippen LogP) is 2.37. The molecule has 2 amide bonds. The molecule has 0 aliphatic rings. The van der Waals surface area contributed by atoms with E-state index in [4.69, 9.17) is 4.74 Å². The van der Waals surface area contributed by atoms with E-state index in [1.54, 1.807) is 43.4 Å². The molecule has 0 unspecified atom stereocenters. The molecule has 0 bridgehead atoms. The van der Waals surface area contributed by atoms with E-state index in [-0.39, 0.29) is 18.4 Å². The molecule has 0 aromatic heterocycles. The van der Waals surface area contributed by atoms with E-state index in [9.17, 15) is 9.59 Å². The average Bonchev–Trinajstić information content (AvgIpc) is 2.54. The molecular formula is C17H18N2O3. The van der Waals surface area contributed by atoms with E-state index in [2.05, 4.69) is 10.6 Å². The Hall–Kier alpha value is -2.82. The molecule has 22 heavy (non-hydrogen) atoms. The van der Waals surface area contributed by atoms with Crippen molar-refractivity contribution in [2.45, 2.75) is 6.92 Å². The van der Waals surface area contributed by atoms with Crippen LogP contribution in [0, 0.1) is 6.92 Å². The predicted molar refractivity (Wildman–Crippen MR) is 85.1 cm³/mol. The Labute approximate surface area is 129 Å². The maximum absolute atomic E-state index is 11.9. The Morgan fingerprint density at radius 2 is 1.73 bits per heavy atom. The minimum atomic E-state index is -0.322. The van der Waals surface area contributed by atoms with Gasteiger partial charge in [-0.3, -0.25) is 9.59 Å². The molecule has 114 valence electrons. The molecule has 2 rings (SSSR count). The Morgan fingerprint density at radius 3 is 2.41 bits per heavy atom. The van der Waals surface area contributed by atoms with Gasteiger partial charge in [-0.05, 0) is 31.2 Å². The van der Waals surface area contributed by atoms with Gasteiger partial charge in [0.25, 0.3) is 11.8 Å². The van der Waals surface area contributed by atoms with Gasteiger partial charge in [0.2, 0.25) is 0 Å². The minimum absolute atomic E-state index is 0.120. The number of rotatable bonds is 5. The highest BCUT2D eigenvalue weighted by atomic mass is 16.5. The first-order valence-corrected chi connectivity index (χ1v) is 6.90. The summed E-state index contributed by atoms with van der Waals surface area (Å²) in [5.41, 5.74) is 1.99. The summed E-state index contributed by atoms with van der Waals surface area (Å²) in [5.74, 6) is 0.0487. The summed E-state index contributed by atoms with van der Waals surface area (Å²) in [6.07, 6.45) is 0. The van der Waals surface area contributed by atoms with Gasteiger partial charge in [0.05, 0.1) is 11.3 Å². The van der Waals surface area contributed by atoms with Crippen molar-refractivity contribution in [2.75, 3.05) is 19.0 Å². The second-order valence-corrected chi connectivity index (χ2v) is 4.77. The monoisotopic (exact) mass is 298 g/mol. The lowest BCUT2D eigenvalue weighted by atomic mass is 10.1. The number of hydrogen-bond acceptors (Lipinski definition) is 3. The quantitative estimate of drug-likeness (QED) is 0.890. The lowest BCUT2D eigenvalue weighted by Crippen LogP contribution is -2.24. The molecule has 0 atom stereocenters. The number of nitrogens with one attached hydrogen (secondary N) is 2. The van der Waals surface area contributed by atoms with E-state index in [1.807, 2.05) is 19.1 Å². The van der Waals surface area contributed by atoms with E-state index in [0.29, 0.717) is 17.0 Å². The lowest BCUT2D eigenvalue weighted by molar-refractivity contribution is -0.118. The Balaban J connectivity index is 1.97. The fraction of sp³-hybridized carbons (Fsp3) is 0.176. The van der Waals surface area contributed by atoms with Gasteiger partial charge in [0.1, 0.15) is 5.75 Å². The van der Waals surface area contributed by atoms with Gasteiger partial charge in [-0.25, -0.2) is 0 Å². The second kappa shape index (κ2) is 7.26. The van der Waals surface area contributed by atoms with Crippen molar-refractivity contribution in [3.63, 3.8) is 0 Å². The number of hydrogen-bond donors (Lipinski definition) is 2. The van der Waals surface area contributed by atoms with E-state index in [0.717, 1.165) is 5.56 Å². The Kier molecular flexibility index (Phi) is 5.14. The summed E-state index contributed by atoms with van der Waals surface area (Å²) in [4.78, 5) is 23.7. The summed E-state index contributed by atoms with van der Waals surface area (Å²) in [6.45, 7) is 1.86. The van der Waals surface area contributed by atoms with Crippen LogP contribution < -0.4 is 15.4 Å².